The molecule has 1 aliphatic rings. The highest BCUT2D eigenvalue weighted by Crippen LogP contribution is 2.35. The van der Waals surface area contributed by atoms with Gasteiger partial charge in [0, 0.05) is 18.7 Å². The second kappa shape index (κ2) is 10.7. The number of aromatic nitrogens is 2. The lowest BCUT2D eigenvalue weighted by atomic mass is 10.0. The number of nitrogens with zero attached hydrogens (tertiary/aromatic N) is 3. The molecule has 4 aromatic rings. The van der Waals surface area contributed by atoms with E-state index in [9.17, 15) is 13.6 Å². The fourth-order valence-electron chi connectivity index (χ4n) is 4.72. The molecular formula is C29H26ClF2N3O2. The molecule has 2 heterocycles. The zero-order valence-electron chi connectivity index (χ0n) is 20.3. The predicted molar refractivity (Wildman–Crippen MR) is 139 cm³/mol. The maximum absolute atomic E-state index is 14.6. The van der Waals surface area contributed by atoms with E-state index < -0.39 is 5.82 Å². The quantitative estimate of drug-likeness (QED) is 0.279. The number of piperidine rings is 1. The van der Waals surface area contributed by atoms with Crippen LogP contribution >= 0.6 is 11.6 Å². The van der Waals surface area contributed by atoms with Crippen molar-refractivity contribution < 1.29 is 18.3 Å². The number of halogens is 3. The summed E-state index contributed by atoms with van der Waals surface area (Å²) in [7, 11) is 0. The molecule has 0 bridgehead atoms. The molecule has 3 aromatic carbocycles. The van der Waals surface area contributed by atoms with E-state index in [-0.39, 0.29) is 23.3 Å². The molecule has 0 spiro atoms. The third-order valence-corrected chi connectivity index (χ3v) is 7.01. The molecule has 1 amide bonds. The maximum Gasteiger partial charge on any atom is 0.256 e. The zero-order valence-corrected chi connectivity index (χ0v) is 21.1. The molecule has 190 valence electrons. The molecule has 0 N–H and O–H groups in total. The summed E-state index contributed by atoms with van der Waals surface area (Å²) in [5.74, 6) is -0.882. The lowest BCUT2D eigenvalue weighted by molar-refractivity contribution is 0.0685. The third-order valence-electron chi connectivity index (χ3n) is 6.68. The van der Waals surface area contributed by atoms with Crippen LogP contribution in [0.3, 0.4) is 0 Å². The Bertz CT molecular complexity index is 1420. The molecule has 1 saturated heterocycles. The van der Waals surface area contributed by atoms with E-state index in [2.05, 4.69) is 5.10 Å². The number of aryl methyl sites for hydroxylation is 1. The van der Waals surface area contributed by atoms with Gasteiger partial charge in [-0.05, 0) is 67.3 Å². The fourth-order valence-corrected chi connectivity index (χ4v) is 4.93. The second-order valence-corrected chi connectivity index (χ2v) is 9.59. The van der Waals surface area contributed by atoms with Gasteiger partial charge in [0.05, 0.1) is 28.5 Å². The van der Waals surface area contributed by atoms with Gasteiger partial charge in [0.25, 0.3) is 5.91 Å². The Morgan fingerprint density at radius 2 is 1.81 bits per heavy atom. The first-order valence-corrected chi connectivity index (χ1v) is 12.5. The largest absolute Gasteiger partial charge is 0.489 e. The van der Waals surface area contributed by atoms with E-state index in [1.54, 1.807) is 11.1 Å². The highest BCUT2D eigenvalue weighted by atomic mass is 35.5. The summed E-state index contributed by atoms with van der Waals surface area (Å²) in [5.41, 5.74) is 3.22. The van der Waals surface area contributed by atoms with Gasteiger partial charge in [0.2, 0.25) is 0 Å². The van der Waals surface area contributed by atoms with Crippen LogP contribution in [0.15, 0.2) is 72.9 Å². The first-order chi connectivity index (χ1) is 17.9. The van der Waals surface area contributed by atoms with Gasteiger partial charge in [0.1, 0.15) is 24.0 Å². The molecule has 0 saturated carbocycles. The maximum atomic E-state index is 14.6. The number of benzene rings is 3. The topological polar surface area (TPSA) is 47.4 Å². The lowest BCUT2D eigenvalue weighted by Gasteiger charge is -2.33. The molecule has 1 fully saturated rings. The Hall–Kier alpha value is -3.71. The zero-order chi connectivity index (χ0) is 25.9. The van der Waals surface area contributed by atoms with Gasteiger partial charge in [-0.1, -0.05) is 41.9 Å². The van der Waals surface area contributed by atoms with Crippen LogP contribution in [0.2, 0.25) is 5.02 Å². The van der Waals surface area contributed by atoms with Crippen LogP contribution in [0, 0.1) is 18.6 Å². The normalized spacial score (nSPS) is 14.1. The fraction of sp³-hybridized carbons (Fsp3) is 0.241. The standard InChI is InChI=1S/C29H26ClF2N3O2/c1-19-17-33-35(28(19)24-15-21(31)7-9-26(24)30)22-11-13-34(14-12-22)29(36)25-16-23(8-10-27(25)32)37-18-20-5-3-2-4-6-20/h2-10,15-17,22H,11-14,18H2,1H3. The Morgan fingerprint density at radius 1 is 1.05 bits per heavy atom. The number of hydrogen-bond donors (Lipinski definition) is 0. The van der Waals surface area contributed by atoms with E-state index in [1.165, 1.54) is 36.4 Å². The Balaban J connectivity index is 1.28. The first kappa shape index (κ1) is 25.0. The Morgan fingerprint density at radius 3 is 2.57 bits per heavy atom. The molecule has 5 rings (SSSR count). The molecule has 0 atom stereocenters. The SMILES string of the molecule is Cc1cnn(C2CCN(C(=O)c3cc(OCc4ccccc4)ccc3F)CC2)c1-c1cc(F)ccc1Cl. The van der Waals surface area contributed by atoms with E-state index in [1.807, 2.05) is 41.9 Å². The molecule has 1 aromatic heterocycles. The average Bonchev–Trinajstić information content (AvgIpc) is 3.31. The van der Waals surface area contributed by atoms with E-state index in [0.717, 1.165) is 16.8 Å². The number of rotatable bonds is 6. The van der Waals surface area contributed by atoms with Crippen molar-refractivity contribution in [2.45, 2.75) is 32.4 Å². The van der Waals surface area contributed by atoms with Gasteiger partial charge < -0.3 is 9.64 Å². The van der Waals surface area contributed by atoms with Crippen LogP contribution in [-0.4, -0.2) is 33.7 Å². The smallest absolute Gasteiger partial charge is 0.256 e. The van der Waals surface area contributed by atoms with Crippen LogP contribution in [-0.2, 0) is 6.61 Å². The van der Waals surface area contributed by atoms with Crippen molar-refractivity contribution in [1.82, 2.24) is 14.7 Å². The van der Waals surface area contributed by atoms with Crippen LogP contribution < -0.4 is 4.74 Å². The van der Waals surface area contributed by atoms with Gasteiger partial charge in [0.15, 0.2) is 0 Å². The molecule has 0 aliphatic carbocycles. The first-order valence-electron chi connectivity index (χ1n) is 12.2. The number of carbonyl (C=O) groups excluding carboxylic acids is 1. The molecule has 0 unspecified atom stereocenters. The molecule has 5 nitrogen and oxygen atoms in total. The Kier molecular flexibility index (Phi) is 7.24. The second-order valence-electron chi connectivity index (χ2n) is 9.18. The van der Waals surface area contributed by atoms with E-state index in [0.29, 0.717) is 48.9 Å². The van der Waals surface area contributed by atoms with Crippen molar-refractivity contribution in [3.8, 4) is 17.0 Å². The predicted octanol–water partition coefficient (Wildman–Crippen LogP) is 6.85. The van der Waals surface area contributed by atoms with Gasteiger partial charge >= 0.3 is 0 Å². The van der Waals surface area contributed by atoms with Gasteiger partial charge in [-0.2, -0.15) is 5.10 Å². The summed E-state index contributed by atoms with van der Waals surface area (Å²) in [6.07, 6.45) is 2.99. The molecule has 37 heavy (non-hydrogen) atoms. The van der Waals surface area contributed by atoms with E-state index in [4.69, 9.17) is 16.3 Å². The van der Waals surface area contributed by atoms with Crippen LogP contribution in [0.25, 0.3) is 11.3 Å². The summed E-state index contributed by atoms with van der Waals surface area (Å²) in [4.78, 5) is 14.9. The highest BCUT2D eigenvalue weighted by Gasteiger charge is 2.29. The molecular weight excluding hydrogens is 496 g/mol. The number of likely N-dealkylation sites (tertiary alicyclic amines) is 1. The van der Waals surface area contributed by atoms with Gasteiger partial charge in [-0.3, -0.25) is 9.48 Å². The van der Waals surface area contributed by atoms with E-state index >= 15 is 0 Å². The minimum absolute atomic E-state index is 0.00234. The summed E-state index contributed by atoms with van der Waals surface area (Å²) < 4.78 is 36.3. The molecule has 1 aliphatic heterocycles. The van der Waals surface area contributed by atoms with Gasteiger partial charge in [-0.25, -0.2) is 8.78 Å². The van der Waals surface area contributed by atoms with Crippen molar-refractivity contribution in [3.05, 3.63) is 106 Å². The summed E-state index contributed by atoms with van der Waals surface area (Å²) in [5, 5.41) is 4.99. The summed E-state index contributed by atoms with van der Waals surface area (Å²) in [6, 6.07) is 18.2. The minimum Gasteiger partial charge on any atom is -0.489 e. The Labute approximate surface area is 219 Å². The minimum atomic E-state index is -0.579. The van der Waals surface area contributed by atoms with Crippen molar-refractivity contribution >= 4 is 17.5 Å². The summed E-state index contributed by atoms with van der Waals surface area (Å²) >= 11 is 6.38. The third kappa shape index (κ3) is 5.37. The number of carbonyl (C=O) groups is 1. The lowest BCUT2D eigenvalue weighted by Crippen LogP contribution is -2.39. The van der Waals surface area contributed by atoms with Crippen molar-refractivity contribution in [2.75, 3.05) is 13.1 Å². The molecule has 0 radical (unpaired) electrons. The number of ether oxygens (including phenoxy) is 1. The van der Waals surface area contributed by atoms with Crippen LogP contribution in [0.4, 0.5) is 8.78 Å². The summed E-state index contributed by atoms with van der Waals surface area (Å²) in [6.45, 7) is 3.11. The monoisotopic (exact) mass is 521 g/mol. The number of amides is 1. The van der Waals surface area contributed by atoms with Crippen molar-refractivity contribution in [2.24, 2.45) is 0 Å². The average molecular weight is 522 g/mol. The van der Waals surface area contributed by atoms with Crippen molar-refractivity contribution in [1.29, 1.82) is 0 Å². The molecule has 8 heteroatoms. The highest BCUT2D eigenvalue weighted by molar-refractivity contribution is 6.33. The van der Waals surface area contributed by atoms with Crippen LogP contribution in [0.1, 0.15) is 40.4 Å². The number of hydrogen-bond acceptors (Lipinski definition) is 3. The van der Waals surface area contributed by atoms with Gasteiger partial charge in [-0.15, -0.1) is 0 Å². The van der Waals surface area contributed by atoms with Crippen LogP contribution in [0.5, 0.6) is 5.75 Å². The van der Waals surface area contributed by atoms with Crippen molar-refractivity contribution in [3.63, 3.8) is 0 Å².